The van der Waals surface area contributed by atoms with Crippen LogP contribution in [0, 0.1) is 6.92 Å². The third-order valence-electron chi connectivity index (χ3n) is 4.16. The van der Waals surface area contributed by atoms with Crippen molar-refractivity contribution in [3.63, 3.8) is 0 Å². The highest BCUT2D eigenvalue weighted by atomic mass is 32.2. The van der Waals surface area contributed by atoms with Crippen LogP contribution in [0.3, 0.4) is 0 Å². The average Bonchev–Trinajstić information content (AvgIpc) is 3.03. The van der Waals surface area contributed by atoms with Gasteiger partial charge in [0.15, 0.2) is 0 Å². The molecule has 0 saturated heterocycles. The monoisotopic (exact) mass is 469 g/mol. The third kappa shape index (κ3) is 7.00. The number of anilines is 2. The SMILES string of the molecule is Cc1cc(CCCSc2c(N)nc(N)[nH]c2=O)sc1C(=O)NC(CCC(=O)O)C(=O)O. The van der Waals surface area contributed by atoms with Crippen LogP contribution < -0.4 is 22.3 Å². The topological polar surface area (TPSA) is 201 Å². The fraction of sp³-hybridized carbons (Fsp3) is 0.389. The normalized spacial score (nSPS) is 11.8. The third-order valence-corrected chi connectivity index (χ3v) is 6.63. The van der Waals surface area contributed by atoms with E-state index in [1.165, 1.54) is 23.1 Å². The van der Waals surface area contributed by atoms with Crippen molar-refractivity contribution in [3.8, 4) is 0 Å². The maximum atomic E-state index is 12.5. The van der Waals surface area contributed by atoms with E-state index < -0.39 is 29.4 Å². The van der Waals surface area contributed by atoms with Gasteiger partial charge < -0.3 is 27.0 Å². The number of carboxylic acids is 2. The standard InChI is InChI=1S/C18H23N5O6S2/c1-8-7-9(3-2-6-30-13-14(19)22-18(20)23-16(13)27)31-12(8)15(26)21-10(17(28)29)4-5-11(24)25/h7,10H,2-6H2,1H3,(H,21,26)(H,24,25)(H,28,29)(H5,19,20,22,23,27). The van der Waals surface area contributed by atoms with Gasteiger partial charge in [-0.25, -0.2) is 4.79 Å². The van der Waals surface area contributed by atoms with E-state index in [4.69, 9.17) is 16.6 Å². The van der Waals surface area contributed by atoms with Crippen molar-refractivity contribution in [2.45, 2.75) is 43.5 Å². The number of amides is 1. The molecule has 0 radical (unpaired) electrons. The molecular formula is C18H23N5O6S2. The molecule has 0 aliphatic rings. The fourth-order valence-corrected chi connectivity index (χ4v) is 4.69. The van der Waals surface area contributed by atoms with Gasteiger partial charge in [-0.05, 0) is 43.6 Å². The summed E-state index contributed by atoms with van der Waals surface area (Å²) in [5.41, 5.74) is 11.5. The van der Waals surface area contributed by atoms with E-state index in [9.17, 15) is 24.3 Å². The van der Waals surface area contributed by atoms with Crippen molar-refractivity contribution in [2.75, 3.05) is 17.2 Å². The van der Waals surface area contributed by atoms with Crippen molar-refractivity contribution in [3.05, 3.63) is 31.7 Å². The number of nitrogen functional groups attached to an aromatic ring is 2. The largest absolute Gasteiger partial charge is 0.481 e. The van der Waals surface area contributed by atoms with Gasteiger partial charge in [0.2, 0.25) is 5.95 Å². The summed E-state index contributed by atoms with van der Waals surface area (Å²) in [5.74, 6) is -2.34. The molecule has 2 aromatic heterocycles. The molecule has 1 unspecified atom stereocenters. The molecule has 2 rings (SSSR count). The predicted molar refractivity (Wildman–Crippen MR) is 118 cm³/mol. The van der Waals surface area contributed by atoms with Crippen molar-refractivity contribution < 1.29 is 24.6 Å². The molecule has 0 bridgehead atoms. The number of thioether (sulfide) groups is 1. The summed E-state index contributed by atoms with van der Waals surface area (Å²) in [6.45, 7) is 1.75. The molecule has 11 nitrogen and oxygen atoms in total. The fourth-order valence-electron chi connectivity index (χ4n) is 2.70. The maximum Gasteiger partial charge on any atom is 0.326 e. The van der Waals surface area contributed by atoms with Gasteiger partial charge in [-0.3, -0.25) is 19.4 Å². The van der Waals surface area contributed by atoms with Gasteiger partial charge in [-0.1, -0.05) is 0 Å². The number of thiophene rings is 1. The van der Waals surface area contributed by atoms with Crippen molar-refractivity contribution in [1.29, 1.82) is 0 Å². The average molecular weight is 470 g/mol. The highest BCUT2D eigenvalue weighted by Crippen LogP contribution is 2.25. The zero-order chi connectivity index (χ0) is 23.1. The highest BCUT2D eigenvalue weighted by Gasteiger charge is 2.23. The van der Waals surface area contributed by atoms with Crippen LogP contribution in [0.2, 0.25) is 0 Å². The lowest BCUT2D eigenvalue weighted by Crippen LogP contribution is -2.41. The number of nitrogens with two attached hydrogens (primary N) is 2. The first-order chi connectivity index (χ1) is 14.6. The van der Waals surface area contributed by atoms with E-state index in [0.29, 0.717) is 33.9 Å². The van der Waals surface area contributed by atoms with Gasteiger partial charge in [-0.2, -0.15) is 4.98 Å². The number of H-pyrrole nitrogens is 1. The Morgan fingerprint density at radius 3 is 2.65 bits per heavy atom. The van der Waals surface area contributed by atoms with Crippen molar-refractivity contribution in [2.24, 2.45) is 0 Å². The molecule has 13 heteroatoms. The summed E-state index contributed by atoms with van der Waals surface area (Å²) in [6.07, 6.45) is 0.784. The van der Waals surface area contributed by atoms with Gasteiger partial charge in [0.25, 0.3) is 11.5 Å². The molecule has 0 aliphatic heterocycles. The molecule has 31 heavy (non-hydrogen) atoms. The van der Waals surface area contributed by atoms with E-state index in [1.54, 1.807) is 6.92 Å². The minimum Gasteiger partial charge on any atom is -0.481 e. The Hall–Kier alpha value is -3.06. The predicted octanol–water partition coefficient (Wildman–Crippen LogP) is 1.08. The van der Waals surface area contributed by atoms with Crippen LogP contribution >= 0.6 is 23.1 Å². The second-order valence-electron chi connectivity index (χ2n) is 6.64. The van der Waals surface area contributed by atoms with Gasteiger partial charge in [0.05, 0.1) is 4.88 Å². The number of hydrogen-bond donors (Lipinski definition) is 6. The second kappa shape index (κ2) is 10.8. The number of aromatic nitrogens is 2. The zero-order valence-electron chi connectivity index (χ0n) is 16.6. The molecule has 0 aliphatic carbocycles. The number of aliphatic carboxylic acids is 2. The first-order valence-corrected chi connectivity index (χ1v) is 11.0. The van der Waals surface area contributed by atoms with Gasteiger partial charge >= 0.3 is 11.9 Å². The first kappa shape index (κ1) is 24.2. The Morgan fingerprint density at radius 2 is 2.03 bits per heavy atom. The van der Waals surface area contributed by atoms with Crippen LogP contribution in [-0.4, -0.2) is 49.8 Å². The molecule has 0 fully saturated rings. The maximum absolute atomic E-state index is 12.5. The van der Waals surface area contributed by atoms with Crippen LogP contribution in [-0.2, 0) is 16.0 Å². The molecule has 0 saturated carbocycles. The van der Waals surface area contributed by atoms with Gasteiger partial charge in [0.1, 0.15) is 16.8 Å². The lowest BCUT2D eigenvalue weighted by Gasteiger charge is -2.13. The number of hydrogen-bond acceptors (Lipinski definition) is 9. The molecule has 0 spiro atoms. The summed E-state index contributed by atoms with van der Waals surface area (Å²) < 4.78 is 0. The van der Waals surface area contributed by atoms with Crippen LogP contribution in [0.1, 0.15) is 39.4 Å². The van der Waals surface area contributed by atoms with E-state index in [0.717, 1.165) is 4.88 Å². The Bertz CT molecular complexity index is 1030. The number of carbonyl (C=O) groups excluding carboxylic acids is 1. The Balaban J connectivity index is 1.93. The molecule has 2 aromatic rings. The quantitative estimate of drug-likeness (QED) is 0.204. The van der Waals surface area contributed by atoms with Crippen molar-refractivity contribution >= 4 is 52.7 Å². The second-order valence-corrected chi connectivity index (χ2v) is 8.88. The summed E-state index contributed by atoms with van der Waals surface area (Å²) >= 11 is 2.51. The number of aryl methyl sites for hydroxylation is 2. The van der Waals surface area contributed by atoms with Crippen LogP contribution in [0.15, 0.2) is 15.8 Å². The molecule has 8 N–H and O–H groups in total. The van der Waals surface area contributed by atoms with E-state index in [-0.39, 0.29) is 24.6 Å². The summed E-state index contributed by atoms with van der Waals surface area (Å²) in [7, 11) is 0. The Labute approximate surface area is 185 Å². The summed E-state index contributed by atoms with van der Waals surface area (Å²) in [4.78, 5) is 54.1. The lowest BCUT2D eigenvalue weighted by molar-refractivity contribution is -0.140. The number of nitrogens with one attached hydrogen (secondary N) is 2. The summed E-state index contributed by atoms with van der Waals surface area (Å²) in [5, 5.41) is 20.3. The highest BCUT2D eigenvalue weighted by molar-refractivity contribution is 7.99. The zero-order valence-corrected chi connectivity index (χ0v) is 18.3. The van der Waals surface area contributed by atoms with E-state index in [2.05, 4.69) is 15.3 Å². The first-order valence-electron chi connectivity index (χ1n) is 9.21. The molecule has 1 amide bonds. The number of carbonyl (C=O) groups is 3. The summed E-state index contributed by atoms with van der Waals surface area (Å²) in [6, 6.07) is 0.574. The van der Waals surface area contributed by atoms with Crippen molar-refractivity contribution in [1.82, 2.24) is 15.3 Å². The molecule has 0 aromatic carbocycles. The number of carboxylic acid groups (broad SMARTS) is 2. The van der Waals surface area contributed by atoms with Crippen LogP contribution in [0.5, 0.6) is 0 Å². The van der Waals surface area contributed by atoms with Gasteiger partial charge in [0, 0.05) is 11.3 Å². The Morgan fingerprint density at radius 1 is 1.32 bits per heavy atom. The Kier molecular flexibility index (Phi) is 8.45. The lowest BCUT2D eigenvalue weighted by atomic mass is 10.1. The van der Waals surface area contributed by atoms with E-state index >= 15 is 0 Å². The van der Waals surface area contributed by atoms with Gasteiger partial charge in [-0.15, -0.1) is 23.1 Å². The van der Waals surface area contributed by atoms with Crippen LogP contribution in [0.25, 0.3) is 0 Å². The number of aromatic amines is 1. The number of nitrogens with zero attached hydrogens (tertiary/aromatic N) is 1. The van der Waals surface area contributed by atoms with Crippen LogP contribution in [0.4, 0.5) is 11.8 Å². The molecule has 2 heterocycles. The minimum absolute atomic E-state index is 0.0418. The molecule has 1 atom stereocenters. The molecular weight excluding hydrogens is 446 g/mol. The number of rotatable bonds is 11. The minimum atomic E-state index is -1.28. The van der Waals surface area contributed by atoms with E-state index in [1.807, 2.05) is 6.07 Å². The molecule has 168 valence electrons. The smallest absolute Gasteiger partial charge is 0.326 e.